The quantitative estimate of drug-likeness (QED) is 0.903. The zero-order valence-corrected chi connectivity index (χ0v) is 11.0. The molecule has 0 amide bonds. The number of nitrogens with zero attached hydrogens (tertiary/aromatic N) is 1. The molecule has 6 heteroatoms. The first-order chi connectivity index (χ1) is 9.29. The van der Waals surface area contributed by atoms with Gasteiger partial charge in [0, 0.05) is 12.1 Å². The van der Waals surface area contributed by atoms with Crippen molar-refractivity contribution >= 4 is 5.97 Å². The van der Waals surface area contributed by atoms with Gasteiger partial charge >= 0.3 is 12.1 Å². The Bertz CT molecular complexity index is 497. The van der Waals surface area contributed by atoms with Crippen molar-refractivity contribution in [2.45, 2.75) is 38.0 Å². The predicted molar refractivity (Wildman–Crippen MR) is 67.2 cm³/mol. The number of carbonyl (C=O) groups is 1. The van der Waals surface area contributed by atoms with Gasteiger partial charge in [0.25, 0.3) is 0 Å². The molecule has 1 aliphatic rings. The molecule has 0 heterocycles. The van der Waals surface area contributed by atoms with E-state index in [1.165, 1.54) is 6.07 Å². The van der Waals surface area contributed by atoms with Crippen molar-refractivity contribution in [3.63, 3.8) is 0 Å². The number of carboxylic acid groups (broad SMARTS) is 1. The summed E-state index contributed by atoms with van der Waals surface area (Å²) in [5.41, 5.74) is -0.208. The molecule has 1 aromatic rings. The zero-order chi connectivity index (χ0) is 14.9. The Balaban J connectivity index is 2.22. The molecule has 1 aliphatic carbocycles. The van der Waals surface area contributed by atoms with E-state index >= 15 is 0 Å². The van der Waals surface area contributed by atoms with Crippen LogP contribution in [0.25, 0.3) is 0 Å². The molecule has 20 heavy (non-hydrogen) atoms. The fourth-order valence-corrected chi connectivity index (χ4v) is 2.31. The molecule has 0 spiro atoms. The van der Waals surface area contributed by atoms with E-state index in [1.807, 2.05) is 0 Å². The lowest BCUT2D eigenvalue weighted by molar-refractivity contribution is -0.139. The Hall–Kier alpha value is -1.56. The van der Waals surface area contributed by atoms with Crippen LogP contribution in [0.1, 0.15) is 36.9 Å². The van der Waals surface area contributed by atoms with Gasteiger partial charge in [0.1, 0.15) is 0 Å². The molecule has 0 radical (unpaired) electrons. The van der Waals surface area contributed by atoms with Gasteiger partial charge in [-0.05, 0) is 37.5 Å². The van der Waals surface area contributed by atoms with Crippen molar-refractivity contribution in [2.75, 3.05) is 6.54 Å². The molecule has 1 N–H and O–H groups in total. The Labute approximate surface area is 115 Å². The van der Waals surface area contributed by atoms with E-state index in [9.17, 15) is 18.0 Å². The molecule has 3 nitrogen and oxygen atoms in total. The third kappa shape index (κ3) is 3.50. The van der Waals surface area contributed by atoms with Crippen LogP contribution < -0.4 is 0 Å². The number of alkyl halides is 3. The van der Waals surface area contributed by atoms with Gasteiger partial charge in [-0.2, -0.15) is 13.2 Å². The highest BCUT2D eigenvalue weighted by Crippen LogP contribution is 2.36. The standard InChI is InChI=1S/C14H16F3NO2/c1-9(18(8-13(19)20)12-5-6-12)10-3-2-4-11(7-10)14(15,16)17/h2-4,7,9,12H,5-6,8H2,1H3,(H,19,20). The topological polar surface area (TPSA) is 40.5 Å². The maximum atomic E-state index is 12.7. The summed E-state index contributed by atoms with van der Waals surface area (Å²) in [4.78, 5) is 12.6. The van der Waals surface area contributed by atoms with Crippen LogP contribution in [0.5, 0.6) is 0 Å². The molecular weight excluding hydrogens is 271 g/mol. The molecule has 1 atom stereocenters. The summed E-state index contributed by atoms with van der Waals surface area (Å²) in [6.07, 6.45) is -2.58. The maximum Gasteiger partial charge on any atom is 0.416 e. The fourth-order valence-electron chi connectivity index (χ4n) is 2.31. The zero-order valence-electron chi connectivity index (χ0n) is 11.0. The van der Waals surface area contributed by atoms with E-state index in [1.54, 1.807) is 17.9 Å². The van der Waals surface area contributed by atoms with E-state index in [-0.39, 0.29) is 18.6 Å². The van der Waals surface area contributed by atoms with Gasteiger partial charge in [-0.1, -0.05) is 12.1 Å². The molecule has 1 fully saturated rings. The first kappa shape index (κ1) is 14.8. The van der Waals surface area contributed by atoms with Crippen molar-refractivity contribution < 1.29 is 23.1 Å². The van der Waals surface area contributed by atoms with E-state index in [4.69, 9.17) is 5.11 Å². The Morgan fingerprint density at radius 3 is 2.60 bits per heavy atom. The van der Waals surface area contributed by atoms with Crippen LogP contribution in [0.4, 0.5) is 13.2 Å². The molecule has 1 unspecified atom stereocenters. The van der Waals surface area contributed by atoms with E-state index in [0.29, 0.717) is 5.56 Å². The molecule has 2 rings (SSSR count). The largest absolute Gasteiger partial charge is 0.480 e. The van der Waals surface area contributed by atoms with Crippen LogP contribution in [0.2, 0.25) is 0 Å². The smallest absolute Gasteiger partial charge is 0.416 e. The molecule has 1 saturated carbocycles. The number of halogens is 3. The molecule has 0 bridgehead atoms. The van der Waals surface area contributed by atoms with Crippen molar-refractivity contribution in [1.29, 1.82) is 0 Å². The fraction of sp³-hybridized carbons (Fsp3) is 0.500. The molecule has 1 aromatic carbocycles. The number of rotatable bonds is 5. The van der Waals surface area contributed by atoms with Crippen molar-refractivity contribution in [2.24, 2.45) is 0 Å². The third-order valence-electron chi connectivity index (χ3n) is 3.53. The molecular formula is C14H16F3NO2. The van der Waals surface area contributed by atoms with Gasteiger partial charge in [-0.15, -0.1) is 0 Å². The lowest BCUT2D eigenvalue weighted by Gasteiger charge is -2.28. The second kappa shape index (κ2) is 5.44. The van der Waals surface area contributed by atoms with Gasteiger partial charge in [-0.3, -0.25) is 9.69 Å². The lowest BCUT2D eigenvalue weighted by atomic mass is 10.0. The van der Waals surface area contributed by atoms with Crippen LogP contribution >= 0.6 is 0 Å². The first-order valence-corrected chi connectivity index (χ1v) is 6.43. The number of hydrogen-bond donors (Lipinski definition) is 1. The minimum absolute atomic E-state index is 0.151. The van der Waals surface area contributed by atoms with Crippen LogP contribution in [0, 0.1) is 0 Å². The van der Waals surface area contributed by atoms with E-state index in [2.05, 4.69) is 0 Å². The summed E-state index contributed by atoms with van der Waals surface area (Å²) in [7, 11) is 0. The second-order valence-electron chi connectivity index (χ2n) is 5.10. The van der Waals surface area contributed by atoms with Crippen LogP contribution in [-0.4, -0.2) is 28.6 Å². The highest BCUT2D eigenvalue weighted by molar-refractivity contribution is 5.69. The lowest BCUT2D eigenvalue weighted by Crippen LogP contribution is -2.34. The number of carboxylic acids is 1. The average molecular weight is 287 g/mol. The summed E-state index contributed by atoms with van der Waals surface area (Å²) >= 11 is 0. The van der Waals surface area contributed by atoms with E-state index in [0.717, 1.165) is 25.0 Å². The maximum absolute atomic E-state index is 12.7. The minimum atomic E-state index is -4.38. The van der Waals surface area contributed by atoms with Crippen LogP contribution in [0.15, 0.2) is 24.3 Å². The van der Waals surface area contributed by atoms with E-state index < -0.39 is 17.7 Å². The summed E-state index contributed by atoms with van der Waals surface area (Å²) in [6, 6.07) is 4.91. The van der Waals surface area contributed by atoms with Gasteiger partial charge in [0.05, 0.1) is 12.1 Å². The molecule has 110 valence electrons. The summed E-state index contributed by atoms with van der Waals surface area (Å²) in [5, 5.41) is 8.92. The Kier molecular flexibility index (Phi) is 4.04. The average Bonchev–Trinajstić information content (AvgIpc) is 3.18. The Morgan fingerprint density at radius 2 is 2.10 bits per heavy atom. The van der Waals surface area contributed by atoms with Crippen LogP contribution in [0.3, 0.4) is 0 Å². The van der Waals surface area contributed by atoms with Crippen LogP contribution in [-0.2, 0) is 11.0 Å². The molecule has 0 saturated heterocycles. The highest BCUT2D eigenvalue weighted by atomic mass is 19.4. The number of hydrogen-bond acceptors (Lipinski definition) is 2. The Morgan fingerprint density at radius 1 is 1.45 bits per heavy atom. The first-order valence-electron chi connectivity index (χ1n) is 6.43. The predicted octanol–water partition coefficient (Wildman–Crippen LogP) is 3.32. The molecule has 0 aliphatic heterocycles. The molecule has 0 aromatic heterocycles. The summed E-state index contributed by atoms with van der Waals surface area (Å²) in [5.74, 6) is -0.962. The monoisotopic (exact) mass is 287 g/mol. The highest BCUT2D eigenvalue weighted by Gasteiger charge is 2.35. The number of aliphatic carboxylic acids is 1. The normalized spacial score (nSPS) is 17.2. The van der Waals surface area contributed by atoms with Gasteiger partial charge in [0.2, 0.25) is 0 Å². The van der Waals surface area contributed by atoms with Gasteiger partial charge in [-0.25, -0.2) is 0 Å². The van der Waals surface area contributed by atoms with Gasteiger partial charge < -0.3 is 5.11 Å². The summed E-state index contributed by atoms with van der Waals surface area (Å²) in [6.45, 7) is 1.60. The number of benzene rings is 1. The summed E-state index contributed by atoms with van der Waals surface area (Å²) < 4.78 is 38.1. The van der Waals surface area contributed by atoms with Crippen molar-refractivity contribution in [3.05, 3.63) is 35.4 Å². The van der Waals surface area contributed by atoms with Gasteiger partial charge in [0.15, 0.2) is 0 Å². The van der Waals surface area contributed by atoms with Crippen molar-refractivity contribution in [3.8, 4) is 0 Å². The SMILES string of the molecule is CC(c1cccc(C(F)(F)F)c1)N(CC(=O)O)C1CC1. The second-order valence-corrected chi connectivity index (χ2v) is 5.10. The van der Waals surface area contributed by atoms with Crippen molar-refractivity contribution in [1.82, 2.24) is 4.90 Å². The minimum Gasteiger partial charge on any atom is -0.480 e. The third-order valence-corrected chi connectivity index (χ3v) is 3.53.